The Kier molecular flexibility index (Phi) is 6.42. The van der Waals surface area contributed by atoms with Crippen LogP contribution in [0.25, 0.3) is 0 Å². The predicted octanol–water partition coefficient (Wildman–Crippen LogP) is 0.706. The molecule has 0 aromatic heterocycles. The van der Waals surface area contributed by atoms with Crippen LogP contribution in [0.1, 0.15) is 13.3 Å². The molecule has 4 heteroatoms. The number of halogens is 1. The Morgan fingerprint density at radius 3 is 2.20 bits per heavy atom. The Hall–Kier alpha value is 0.427. The van der Waals surface area contributed by atoms with Gasteiger partial charge in [0.25, 0.3) is 0 Å². The zero-order chi connectivity index (χ0) is 7.98. The van der Waals surface area contributed by atoms with E-state index in [9.17, 15) is 0 Å². The fourth-order valence-electron chi connectivity index (χ4n) is 0.664. The molecule has 1 atom stereocenters. The number of hydrogen-bond donors (Lipinski definition) is 0. The first kappa shape index (κ1) is 10.4. The maximum Gasteiger partial charge on any atom is 0.135 e. The zero-order valence-corrected chi connectivity index (χ0v) is 8.93. The standard InChI is InChI=1S/C6H15ClO2Si/c1-4-5(7)10-6(8-2)9-3/h5-6H,4,10H2,1-3H3. The average Bonchev–Trinajstić information content (AvgIpc) is 1.99. The number of alkyl halides is 1. The van der Waals surface area contributed by atoms with Gasteiger partial charge in [0.15, 0.2) is 0 Å². The summed E-state index contributed by atoms with van der Waals surface area (Å²) in [4.78, 5) is 0. The summed E-state index contributed by atoms with van der Waals surface area (Å²) in [5.41, 5.74) is 0. The van der Waals surface area contributed by atoms with Gasteiger partial charge in [-0.1, -0.05) is 6.92 Å². The van der Waals surface area contributed by atoms with Crippen molar-refractivity contribution in [3.63, 3.8) is 0 Å². The third kappa shape index (κ3) is 4.28. The summed E-state index contributed by atoms with van der Waals surface area (Å²) < 4.78 is 10.1. The average molecular weight is 183 g/mol. The second-order valence-electron chi connectivity index (χ2n) is 2.14. The summed E-state index contributed by atoms with van der Waals surface area (Å²) in [5, 5.41) is 0.296. The first-order valence-electron chi connectivity index (χ1n) is 3.44. The minimum absolute atomic E-state index is 0.0116. The molecule has 0 aromatic rings. The van der Waals surface area contributed by atoms with Crippen LogP contribution in [0.4, 0.5) is 0 Å². The second-order valence-corrected chi connectivity index (χ2v) is 5.40. The molecule has 0 saturated heterocycles. The summed E-state index contributed by atoms with van der Waals surface area (Å²) >= 11 is 5.92. The van der Waals surface area contributed by atoms with Crippen molar-refractivity contribution in [3.05, 3.63) is 0 Å². The maximum atomic E-state index is 5.92. The van der Waals surface area contributed by atoms with Gasteiger partial charge in [0.2, 0.25) is 0 Å². The van der Waals surface area contributed by atoms with E-state index in [0.717, 1.165) is 6.42 Å². The van der Waals surface area contributed by atoms with Gasteiger partial charge in [0, 0.05) is 19.2 Å². The molecule has 2 nitrogen and oxygen atoms in total. The fraction of sp³-hybridized carbons (Fsp3) is 1.00. The number of methoxy groups -OCH3 is 2. The lowest BCUT2D eigenvalue weighted by Crippen LogP contribution is -2.28. The molecular formula is C6H15ClO2Si. The predicted molar refractivity (Wildman–Crippen MR) is 46.3 cm³/mol. The SMILES string of the molecule is CCC(Cl)[SiH2]C(OC)OC. The van der Waals surface area contributed by atoms with Crippen molar-refractivity contribution in [2.45, 2.75) is 24.3 Å². The lowest BCUT2D eigenvalue weighted by molar-refractivity contribution is -0.0442. The number of rotatable bonds is 5. The quantitative estimate of drug-likeness (QED) is 0.354. The normalized spacial score (nSPS) is 15.3. The van der Waals surface area contributed by atoms with E-state index in [1.165, 1.54) is 0 Å². The summed E-state index contributed by atoms with van der Waals surface area (Å²) in [6, 6.07) is 0. The molecule has 62 valence electrons. The van der Waals surface area contributed by atoms with Crippen LogP contribution in [0.3, 0.4) is 0 Å². The largest absolute Gasteiger partial charge is 0.360 e. The number of ether oxygens (including phenoxy) is 2. The van der Waals surface area contributed by atoms with E-state index in [0.29, 0.717) is 5.00 Å². The van der Waals surface area contributed by atoms with Crippen molar-refractivity contribution in [3.8, 4) is 0 Å². The minimum Gasteiger partial charge on any atom is -0.360 e. The topological polar surface area (TPSA) is 18.5 Å². The molecule has 0 amide bonds. The molecule has 0 spiro atoms. The van der Waals surface area contributed by atoms with Gasteiger partial charge in [-0.3, -0.25) is 0 Å². The van der Waals surface area contributed by atoms with Crippen molar-refractivity contribution in [2.75, 3.05) is 14.2 Å². The molecule has 0 heterocycles. The van der Waals surface area contributed by atoms with Crippen LogP contribution in [0.5, 0.6) is 0 Å². The highest BCUT2D eigenvalue weighted by molar-refractivity contribution is 6.53. The molecule has 1 unspecified atom stereocenters. The zero-order valence-electron chi connectivity index (χ0n) is 6.76. The molecule has 0 saturated carbocycles. The minimum atomic E-state index is -0.429. The van der Waals surface area contributed by atoms with Crippen molar-refractivity contribution in [2.24, 2.45) is 0 Å². The van der Waals surface area contributed by atoms with Crippen molar-refractivity contribution in [1.82, 2.24) is 0 Å². The van der Waals surface area contributed by atoms with Gasteiger partial charge in [-0.25, -0.2) is 0 Å². The van der Waals surface area contributed by atoms with Gasteiger partial charge in [-0.2, -0.15) is 0 Å². The number of hydrogen-bond acceptors (Lipinski definition) is 2. The lowest BCUT2D eigenvalue weighted by Gasteiger charge is -2.14. The van der Waals surface area contributed by atoms with Crippen LogP contribution in [-0.2, 0) is 9.47 Å². The molecule has 0 aliphatic heterocycles. The summed E-state index contributed by atoms with van der Waals surface area (Å²) in [6.07, 6.45) is 1.01. The van der Waals surface area contributed by atoms with E-state index >= 15 is 0 Å². The third-order valence-corrected chi connectivity index (χ3v) is 4.40. The second kappa shape index (κ2) is 6.16. The summed E-state index contributed by atoms with van der Waals surface area (Å²) in [7, 11) is 2.88. The summed E-state index contributed by atoms with van der Waals surface area (Å²) in [5.74, 6) is -0.0116. The Morgan fingerprint density at radius 2 is 1.90 bits per heavy atom. The van der Waals surface area contributed by atoms with E-state index < -0.39 is 9.52 Å². The van der Waals surface area contributed by atoms with Crippen molar-refractivity contribution >= 4 is 21.1 Å². The van der Waals surface area contributed by atoms with Gasteiger partial charge >= 0.3 is 0 Å². The molecule has 0 radical (unpaired) electrons. The Labute approximate surface area is 69.7 Å². The Morgan fingerprint density at radius 1 is 1.40 bits per heavy atom. The molecular weight excluding hydrogens is 168 g/mol. The van der Waals surface area contributed by atoms with Crippen LogP contribution in [0, 0.1) is 0 Å². The molecule has 0 aliphatic rings. The molecule has 0 fully saturated rings. The third-order valence-electron chi connectivity index (χ3n) is 1.42. The van der Waals surface area contributed by atoms with Crippen LogP contribution >= 0.6 is 11.6 Å². The lowest BCUT2D eigenvalue weighted by atomic mass is 10.6. The highest BCUT2D eigenvalue weighted by atomic mass is 35.5. The Bertz CT molecular complexity index is 78.1. The first-order valence-corrected chi connectivity index (χ1v) is 5.51. The maximum absolute atomic E-state index is 5.92. The van der Waals surface area contributed by atoms with Crippen LogP contribution in [0.2, 0.25) is 0 Å². The smallest absolute Gasteiger partial charge is 0.135 e. The fourth-order valence-corrected chi connectivity index (χ4v) is 2.24. The van der Waals surface area contributed by atoms with E-state index in [1.54, 1.807) is 14.2 Å². The van der Waals surface area contributed by atoms with Gasteiger partial charge in [0.1, 0.15) is 15.4 Å². The highest BCUT2D eigenvalue weighted by Crippen LogP contribution is 2.02. The van der Waals surface area contributed by atoms with E-state index in [4.69, 9.17) is 21.1 Å². The molecule has 0 rings (SSSR count). The molecule has 10 heavy (non-hydrogen) atoms. The van der Waals surface area contributed by atoms with E-state index in [1.807, 2.05) is 0 Å². The summed E-state index contributed by atoms with van der Waals surface area (Å²) in [6.45, 7) is 2.08. The first-order chi connectivity index (χ1) is 4.74. The monoisotopic (exact) mass is 182 g/mol. The van der Waals surface area contributed by atoms with Crippen molar-refractivity contribution in [1.29, 1.82) is 0 Å². The van der Waals surface area contributed by atoms with Gasteiger partial charge < -0.3 is 9.47 Å². The Balaban J connectivity index is 3.41. The van der Waals surface area contributed by atoms with Crippen LogP contribution in [0.15, 0.2) is 0 Å². The molecule has 0 N–H and O–H groups in total. The molecule has 0 aliphatic carbocycles. The van der Waals surface area contributed by atoms with Crippen LogP contribution in [-0.4, -0.2) is 34.7 Å². The highest BCUT2D eigenvalue weighted by Gasteiger charge is 2.11. The molecule has 0 aromatic carbocycles. The van der Waals surface area contributed by atoms with E-state index in [-0.39, 0.29) is 5.91 Å². The van der Waals surface area contributed by atoms with Crippen LogP contribution < -0.4 is 0 Å². The molecule has 0 bridgehead atoms. The van der Waals surface area contributed by atoms with Gasteiger partial charge in [0.05, 0.1) is 0 Å². The van der Waals surface area contributed by atoms with E-state index in [2.05, 4.69) is 6.92 Å². The van der Waals surface area contributed by atoms with Gasteiger partial charge in [-0.05, 0) is 6.42 Å². The van der Waals surface area contributed by atoms with Crippen molar-refractivity contribution < 1.29 is 9.47 Å². The van der Waals surface area contributed by atoms with Gasteiger partial charge in [-0.15, -0.1) is 11.6 Å².